The van der Waals surface area contributed by atoms with Gasteiger partial charge in [-0.05, 0) is 16.7 Å². The first-order valence-corrected chi connectivity index (χ1v) is 17.0. The van der Waals surface area contributed by atoms with E-state index in [1.54, 1.807) is 0 Å². The molecule has 6 unspecified atom stereocenters. The number of carbonyl (C=O) groups excluding carboxylic acids is 3. The summed E-state index contributed by atoms with van der Waals surface area (Å²) in [6, 6.07) is 28.0. The Labute approximate surface area is 290 Å². The summed E-state index contributed by atoms with van der Waals surface area (Å²) in [5, 5.41) is 21.9. The van der Waals surface area contributed by atoms with Crippen LogP contribution in [0.2, 0.25) is 0 Å². The second-order valence-corrected chi connectivity index (χ2v) is 12.4. The van der Waals surface area contributed by atoms with Gasteiger partial charge >= 0.3 is 12.1 Å². The van der Waals surface area contributed by atoms with E-state index in [1.165, 1.54) is 6.92 Å². The maximum absolute atomic E-state index is 13.3. The molecule has 1 saturated heterocycles. The van der Waals surface area contributed by atoms with Crippen molar-refractivity contribution in [2.45, 2.75) is 70.0 Å². The second kappa shape index (κ2) is 20.6. The fourth-order valence-corrected chi connectivity index (χ4v) is 5.56. The monoisotopic (exact) mass is 697 g/mol. The molecule has 0 aliphatic carbocycles. The van der Waals surface area contributed by atoms with Crippen molar-refractivity contribution in [1.29, 1.82) is 0 Å². The molecule has 1 aliphatic rings. The number of benzene rings is 3. The first-order chi connectivity index (χ1) is 23.8. The number of aliphatic hydroxyl groups is 2. The van der Waals surface area contributed by atoms with E-state index in [2.05, 4.69) is 5.32 Å². The van der Waals surface area contributed by atoms with Crippen LogP contribution in [0.3, 0.4) is 0 Å². The molecule has 6 atom stereocenters. The van der Waals surface area contributed by atoms with Crippen molar-refractivity contribution in [3.05, 3.63) is 108 Å². The number of aliphatic hydroxyl groups excluding tert-OH is 2. The highest BCUT2D eigenvalue weighted by Crippen LogP contribution is 2.32. The molecule has 264 valence electrons. The van der Waals surface area contributed by atoms with Gasteiger partial charge in [0.2, 0.25) is 0 Å². The molecule has 3 aromatic rings. The summed E-state index contributed by atoms with van der Waals surface area (Å²) < 4.78 is 36.2. The van der Waals surface area contributed by atoms with Gasteiger partial charge in [-0.3, -0.25) is 9.59 Å². The molecule has 49 heavy (non-hydrogen) atoms. The van der Waals surface area contributed by atoms with Crippen LogP contribution in [0.5, 0.6) is 0 Å². The molecule has 12 nitrogen and oxygen atoms in total. The van der Waals surface area contributed by atoms with Crippen LogP contribution in [0.4, 0.5) is 4.79 Å². The van der Waals surface area contributed by atoms with E-state index < -0.39 is 55.5 Å². The minimum atomic E-state index is -1.19. The number of hydrogen-bond donors (Lipinski definition) is 3. The predicted octanol–water partition coefficient (Wildman–Crippen LogP) is 3.76. The average molecular weight is 698 g/mol. The lowest BCUT2D eigenvalue weighted by Crippen LogP contribution is -2.62. The highest BCUT2D eigenvalue weighted by molar-refractivity contribution is 8.13. The van der Waals surface area contributed by atoms with Crippen molar-refractivity contribution in [3.63, 3.8) is 0 Å². The number of thioether (sulfide) groups is 1. The highest BCUT2D eigenvalue weighted by Gasteiger charge is 2.50. The Morgan fingerprint density at radius 3 is 1.90 bits per heavy atom. The number of nitrogens with one attached hydrogen (secondary N) is 1. The molecule has 1 aliphatic heterocycles. The Morgan fingerprint density at radius 1 is 0.796 bits per heavy atom. The normalized spacial score (nSPS) is 21.0. The van der Waals surface area contributed by atoms with Gasteiger partial charge in [0.1, 0.15) is 31.0 Å². The number of hydrogen-bond acceptors (Lipinski definition) is 12. The molecule has 1 heterocycles. The van der Waals surface area contributed by atoms with Crippen molar-refractivity contribution >= 4 is 28.9 Å². The summed E-state index contributed by atoms with van der Waals surface area (Å²) in [6.45, 7) is 0.881. The van der Waals surface area contributed by atoms with Crippen molar-refractivity contribution in [2.75, 3.05) is 25.5 Å². The van der Waals surface area contributed by atoms with Crippen LogP contribution in [-0.2, 0) is 57.8 Å². The maximum atomic E-state index is 13.3. The summed E-state index contributed by atoms with van der Waals surface area (Å²) >= 11 is 0.983. The molecular formula is C36H43NO11S. The van der Waals surface area contributed by atoms with Crippen LogP contribution in [0.25, 0.3) is 0 Å². The Kier molecular flexibility index (Phi) is 16.0. The van der Waals surface area contributed by atoms with Crippen LogP contribution in [0.15, 0.2) is 91.0 Å². The van der Waals surface area contributed by atoms with Gasteiger partial charge in [0.05, 0.1) is 32.8 Å². The number of amides is 1. The largest absolute Gasteiger partial charge is 0.457 e. The molecule has 4 rings (SSSR count). The average Bonchev–Trinajstić information content (AvgIpc) is 3.12. The first-order valence-electron chi connectivity index (χ1n) is 16.0. The summed E-state index contributed by atoms with van der Waals surface area (Å²) in [6.07, 6.45) is -7.07. The van der Waals surface area contributed by atoms with E-state index in [0.717, 1.165) is 28.5 Å². The smallest absolute Gasteiger partial charge is 0.407 e. The Morgan fingerprint density at radius 2 is 1.35 bits per heavy atom. The molecule has 1 amide bonds. The van der Waals surface area contributed by atoms with Crippen LogP contribution in [-0.4, -0.2) is 89.7 Å². The van der Waals surface area contributed by atoms with Gasteiger partial charge in [-0.25, -0.2) is 4.79 Å². The van der Waals surface area contributed by atoms with E-state index in [-0.39, 0.29) is 50.3 Å². The first kappa shape index (κ1) is 38.0. The highest BCUT2D eigenvalue weighted by atomic mass is 32.2. The SMILES string of the molecule is CC(=O)SCC1OC(OCC(O)CO)C(OCc2ccccc2)C(OCc2ccccc2)C1OC(=O)CCNC(=O)OCc1ccccc1. The molecule has 3 N–H and O–H groups in total. The van der Waals surface area contributed by atoms with Gasteiger partial charge in [-0.15, -0.1) is 0 Å². The molecule has 13 heteroatoms. The summed E-state index contributed by atoms with van der Waals surface area (Å²) in [4.78, 5) is 37.5. The number of ether oxygens (including phenoxy) is 6. The van der Waals surface area contributed by atoms with E-state index in [0.29, 0.717) is 0 Å². The Balaban J connectivity index is 1.52. The summed E-state index contributed by atoms with van der Waals surface area (Å²) in [5.41, 5.74) is 2.52. The minimum absolute atomic E-state index is 0.0544. The lowest BCUT2D eigenvalue weighted by atomic mass is 9.98. The van der Waals surface area contributed by atoms with Crippen molar-refractivity contribution < 1.29 is 53.0 Å². The van der Waals surface area contributed by atoms with E-state index >= 15 is 0 Å². The molecule has 1 fully saturated rings. The number of esters is 1. The lowest BCUT2D eigenvalue weighted by molar-refractivity contribution is -0.317. The quantitative estimate of drug-likeness (QED) is 0.166. The standard InChI is InChI=1S/C36H43NO11S/c1-25(39)49-24-30-32(48-31(41)17-18-37-36(42)46-22-28-15-9-4-10-16-28)33(43-20-26-11-5-2-6-12-26)34(35(47-30)45-23-29(40)19-38)44-21-27-13-7-3-8-14-27/h2-16,29-30,32-35,38,40H,17-24H2,1H3,(H,37,42). The lowest BCUT2D eigenvalue weighted by Gasteiger charge is -2.45. The number of alkyl carbamates (subject to hydrolysis) is 1. The van der Waals surface area contributed by atoms with Crippen LogP contribution in [0.1, 0.15) is 30.0 Å². The molecule has 0 saturated carbocycles. The van der Waals surface area contributed by atoms with Crippen molar-refractivity contribution in [1.82, 2.24) is 5.32 Å². The molecule has 0 spiro atoms. The number of rotatable bonds is 18. The zero-order valence-electron chi connectivity index (χ0n) is 27.3. The summed E-state index contributed by atoms with van der Waals surface area (Å²) in [7, 11) is 0. The fourth-order valence-electron chi connectivity index (χ4n) is 4.90. The predicted molar refractivity (Wildman–Crippen MR) is 180 cm³/mol. The van der Waals surface area contributed by atoms with Crippen molar-refractivity contribution in [3.8, 4) is 0 Å². The topological polar surface area (TPSA) is 159 Å². The fraction of sp³-hybridized carbons (Fsp3) is 0.417. The third kappa shape index (κ3) is 13.2. The van der Waals surface area contributed by atoms with E-state index in [4.69, 9.17) is 28.4 Å². The zero-order valence-corrected chi connectivity index (χ0v) is 28.1. The van der Waals surface area contributed by atoms with Gasteiger partial charge in [-0.1, -0.05) is 103 Å². The zero-order chi connectivity index (χ0) is 34.8. The molecular weight excluding hydrogens is 654 g/mol. The minimum Gasteiger partial charge on any atom is -0.457 e. The Hall–Kier alpha value is -3.82. The molecule has 0 radical (unpaired) electrons. The van der Waals surface area contributed by atoms with Gasteiger partial charge in [0, 0.05) is 19.2 Å². The van der Waals surface area contributed by atoms with E-state index in [1.807, 2.05) is 91.0 Å². The van der Waals surface area contributed by atoms with E-state index in [9.17, 15) is 24.6 Å². The third-order valence-electron chi connectivity index (χ3n) is 7.35. The van der Waals surface area contributed by atoms with Gasteiger partial charge in [0.15, 0.2) is 17.5 Å². The third-order valence-corrected chi connectivity index (χ3v) is 8.26. The number of carbonyl (C=O) groups is 3. The Bertz CT molecular complexity index is 1420. The van der Waals surface area contributed by atoms with Crippen LogP contribution >= 0.6 is 11.8 Å². The van der Waals surface area contributed by atoms with Crippen LogP contribution in [0, 0.1) is 0 Å². The summed E-state index contributed by atoms with van der Waals surface area (Å²) in [5.74, 6) is -0.559. The molecule has 3 aromatic carbocycles. The van der Waals surface area contributed by atoms with Gasteiger partial charge in [-0.2, -0.15) is 0 Å². The van der Waals surface area contributed by atoms with Crippen LogP contribution < -0.4 is 5.32 Å². The molecule has 0 aromatic heterocycles. The second-order valence-electron chi connectivity index (χ2n) is 11.2. The van der Waals surface area contributed by atoms with Gasteiger partial charge in [0.25, 0.3) is 0 Å². The van der Waals surface area contributed by atoms with Crippen molar-refractivity contribution in [2.24, 2.45) is 0 Å². The molecule has 0 bridgehead atoms. The maximum Gasteiger partial charge on any atom is 0.407 e. The van der Waals surface area contributed by atoms with Gasteiger partial charge < -0.3 is 44.0 Å².